The van der Waals surface area contributed by atoms with Gasteiger partial charge in [-0.25, -0.2) is 0 Å². The van der Waals surface area contributed by atoms with E-state index in [0.717, 1.165) is 12.1 Å². The lowest BCUT2D eigenvalue weighted by Gasteiger charge is -2.03. The quantitative estimate of drug-likeness (QED) is 0.743. The molecule has 1 aromatic heterocycles. The first kappa shape index (κ1) is 11.2. The number of nitrogens with zero attached hydrogens (tertiary/aromatic N) is 2. The van der Waals surface area contributed by atoms with Gasteiger partial charge in [0.15, 0.2) is 0 Å². The number of rotatable bonds is 3. The lowest BCUT2D eigenvalue weighted by atomic mass is 10.1. The number of alkyl halides is 1. The molecule has 1 aromatic carbocycles. The molecule has 3 heteroatoms. The second-order valence-electron chi connectivity index (χ2n) is 4.08. The molecule has 0 N–H and O–H groups in total. The van der Waals surface area contributed by atoms with Crippen LogP contribution < -0.4 is 0 Å². The van der Waals surface area contributed by atoms with Gasteiger partial charge in [-0.2, -0.15) is 5.10 Å². The molecule has 2 nitrogen and oxygen atoms in total. The third kappa shape index (κ3) is 2.64. The van der Waals surface area contributed by atoms with Crippen molar-refractivity contribution in [1.82, 2.24) is 9.78 Å². The molecule has 1 atom stereocenters. The van der Waals surface area contributed by atoms with Crippen LogP contribution in [-0.2, 0) is 6.54 Å². The van der Waals surface area contributed by atoms with Crippen molar-refractivity contribution in [2.24, 2.45) is 0 Å². The monoisotopic (exact) mass is 234 g/mol. The van der Waals surface area contributed by atoms with Gasteiger partial charge < -0.3 is 0 Å². The molecule has 2 aromatic rings. The van der Waals surface area contributed by atoms with Gasteiger partial charge in [-0.05, 0) is 19.4 Å². The van der Waals surface area contributed by atoms with Crippen molar-refractivity contribution in [3.8, 4) is 0 Å². The van der Waals surface area contributed by atoms with E-state index < -0.39 is 0 Å². The molecule has 1 heterocycles. The predicted octanol–water partition coefficient (Wildman–Crippen LogP) is 3.54. The number of aryl methyl sites for hydroxylation is 1. The molecule has 2 rings (SSSR count). The Morgan fingerprint density at radius 1 is 1.44 bits per heavy atom. The van der Waals surface area contributed by atoms with E-state index in [-0.39, 0.29) is 5.38 Å². The number of hydrogen-bond donors (Lipinski definition) is 0. The highest BCUT2D eigenvalue weighted by Gasteiger charge is 2.04. The fourth-order valence-electron chi connectivity index (χ4n) is 1.67. The van der Waals surface area contributed by atoms with Crippen LogP contribution in [0.2, 0.25) is 0 Å². The summed E-state index contributed by atoms with van der Waals surface area (Å²) in [5.41, 5.74) is 3.60. The lowest BCUT2D eigenvalue weighted by molar-refractivity contribution is 0.685. The van der Waals surface area contributed by atoms with Crippen molar-refractivity contribution in [3.63, 3.8) is 0 Å². The zero-order valence-corrected chi connectivity index (χ0v) is 10.3. The Morgan fingerprint density at radius 3 is 2.88 bits per heavy atom. The maximum atomic E-state index is 5.99. The molecule has 0 spiro atoms. The smallest absolute Gasteiger partial charge is 0.0659 e. The van der Waals surface area contributed by atoms with E-state index in [2.05, 4.69) is 36.3 Å². The molecule has 0 bridgehead atoms. The zero-order chi connectivity index (χ0) is 11.5. The molecule has 0 saturated heterocycles. The van der Waals surface area contributed by atoms with Gasteiger partial charge >= 0.3 is 0 Å². The maximum Gasteiger partial charge on any atom is 0.0659 e. The van der Waals surface area contributed by atoms with E-state index in [0.29, 0.717) is 0 Å². The van der Waals surface area contributed by atoms with Gasteiger partial charge in [0.05, 0.1) is 18.1 Å². The fourth-order valence-corrected chi connectivity index (χ4v) is 1.78. The highest BCUT2D eigenvalue weighted by molar-refractivity contribution is 6.20. The molecule has 16 heavy (non-hydrogen) atoms. The molecule has 84 valence electrons. The van der Waals surface area contributed by atoms with Crippen LogP contribution in [-0.4, -0.2) is 9.78 Å². The normalized spacial score (nSPS) is 12.7. The molecule has 0 saturated carbocycles. The van der Waals surface area contributed by atoms with Gasteiger partial charge in [0.1, 0.15) is 0 Å². The Morgan fingerprint density at radius 2 is 2.25 bits per heavy atom. The van der Waals surface area contributed by atoms with Gasteiger partial charge in [-0.15, -0.1) is 11.6 Å². The van der Waals surface area contributed by atoms with Crippen molar-refractivity contribution >= 4 is 11.6 Å². The van der Waals surface area contributed by atoms with E-state index in [1.807, 2.05) is 24.0 Å². The summed E-state index contributed by atoms with van der Waals surface area (Å²) in [6, 6.07) is 8.45. The molecule has 0 fully saturated rings. The highest BCUT2D eigenvalue weighted by atomic mass is 35.5. The summed E-state index contributed by atoms with van der Waals surface area (Å²) >= 11 is 5.99. The summed E-state index contributed by atoms with van der Waals surface area (Å²) in [7, 11) is 0. The second-order valence-corrected chi connectivity index (χ2v) is 4.73. The topological polar surface area (TPSA) is 17.8 Å². The average molecular weight is 235 g/mol. The van der Waals surface area contributed by atoms with Gasteiger partial charge in [0.2, 0.25) is 0 Å². The number of aromatic nitrogens is 2. The minimum atomic E-state index is 0.0197. The first-order valence-corrected chi connectivity index (χ1v) is 5.81. The zero-order valence-electron chi connectivity index (χ0n) is 9.52. The van der Waals surface area contributed by atoms with Crippen LogP contribution in [0.1, 0.15) is 29.0 Å². The largest absolute Gasteiger partial charge is 0.268 e. The minimum absolute atomic E-state index is 0.0197. The number of benzene rings is 1. The Hall–Kier alpha value is -1.28. The van der Waals surface area contributed by atoms with Gasteiger partial charge in [-0.3, -0.25) is 4.68 Å². The minimum Gasteiger partial charge on any atom is -0.268 e. The third-order valence-corrected chi connectivity index (χ3v) is 2.79. The average Bonchev–Trinajstić information content (AvgIpc) is 2.66. The SMILES string of the molecule is Cc1cccc(Cn2cc(C(C)Cl)cn2)c1. The van der Waals surface area contributed by atoms with Gasteiger partial charge in [-0.1, -0.05) is 29.8 Å². The van der Waals surface area contributed by atoms with E-state index in [1.54, 1.807) is 0 Å². The van der Waals surface area contributed by atoms with E-state index >= 15 is 0 Å². The van der Waals surface area contributed by atoms with Crippen LogP contribution in [0.15, 0.2) is 36.7 Å². The van der Waals surface area contributed by atoms with Crippen LogP contribution in [0.25, 0.3) is 0 Å². The molecule has 1 unspecified atom stereocenters. The molecular weight excluding hydrogens is 220 g/mol. The fraction of sp³-hybridized carbons (Fsp3) is 0.308. The van der Waals surface area contributed by atoms with E-state index in [9.17, 15) is 0 Å². The lowest BCUT2D eigenvalue weighted by Crippen LogP contribution is -1.99. The molecular formula is C13H15ClN2. The van der Waals surface area contributed by atoms with Crippen LogP contribution in [0, 0.1) is 6.92 Å². The van der Waals surface area contributed by atoms with Crippen molar-refractivity contribution in [2.75, 3.05) is 0 Å². The summed E-state index contributed by atoms with van der Waals surface area (Å²) in [5.74, 6) is 0. The second kappa shape index (κ2) is 4.71. The van der Waals surface area contributed by atoms with Crippen LogP contribution in [0.3, 0.4) is 0 Å². The Balaban J connectivity index is 2.14. The summed E-state index contributed by atoms with van der Waals surface area (Å²) in [5, 5.41) is 4.31. The molecule has 0 aliphatic carbocycles. The van der Waals surface area contributed by atoms with E-state index in [1.165, 1.54) is 11.1 Å². The molecule has 0 aliphatic rings. The summed E-state index contributed by atoms with van der Waals surface area (Å²) in [6.07, 6.45) is 3.83. The van der Waals surface area contributed by atoms with E-state index in [4.69, 9.17) is 11.6 Å². The molecule has 0 radical (unpaired) electrons. The van der Waals surface area contributed by atoms with Crippen LogP contribution in [0.4, 0.5) is 0 Å². The first-order chi connectivity index (χ1) is 7.65. The maximum absolute atomic E-state index is 5.99. The Kier molecular flexibility index (Phi) is 3.30. The number of hydrogen-bond acceptors (Lipinski definition) is 1. The number of halogens is 1. The summed E-state index contributed by atoms with van der Waals surface area (Å²) in [6.45, 7) is 4.85. The van der Waals surface area contributed by atoms with Crippen molar-refractivity contribution in [1.29, 1.82) is 0 Å². The predicted molar refractivity (Wildman–Crippen MR) is 66.8 cm³/mol. The van der Waals surface area contributed by atoms with Crippen LogP contribution >= 0.6 is 11.6 Å². The standard InChI is InChI=1S/C13H15ClN2/c1-10-4-3-5-12(6-10)8-16-9-13(7-15-16)11(2)14/h3-7,9,11H,8H2,1-2H3. The third-order valence-electron chi connectivity index (χ3n) is 2.54. The molecule has 0 amide bonds. The summed E-state index contributed by atoms with van der Waals surface area (Å²) in [4.78, 5) is 0. The van der Waals surface area contributed by atoms with Crippen molar-refractivity contribution in [2.45, 2.75) is 25.8 Å². The molecule has 0 aliphatic heterocycles. The van der Waals surface area contributed by atoms with Gasteiger partial charge in [0.25, 0.3) is 0 Å². The van der Waals surface area contributed by atoms with Crippen LogP contribution in [0.5, 0.6) is 0 Å². The van der Waals surface area contributed by atoms with Crippen molar-refractivity contribution < 1.29 is 0 Å². The van der Waals surface area contributed by atoms with Crippen molar-refractivity contribution in [3.05, 3.63) is 53.3 Å². The Bertz CT molecular complexity index is 474. The van der Waals surface area contributed by atoms with Gasteiger partial charge in [0, 0.05) is 11.8 Å². The highest BCUT2D eigenvalue weighted by Crippen LogP contribution is 2.18. The summed E-state index contributed by atoms with van der Waals surface area (Å²) < 4.78 is 1.92. The Labute approximate surface area is 101 Å². The first-order valence-electron chi connectivity index (χ1n) is 5.37.